The molecular weight excluding hydrogens is 439 g/mol. The number of nitrogens with two attached hydrogens (primary N) is 1. The third-order valence-corrected chi connectivity index (χ3v) is 6.18. The fourth-order valence-electron chi connectivity index (χ4n) is 4.00. The molecule has 1 unspecified atom stereocenters. The van der Waals surface area contributed by atoms with Crippen molar-refractivity contribution in [1.82, 2.24) is 14.6 Å². The molecule has 1 fully saturated rings. The fraction of sp³-hybridized carbons (Fsp3) is 0.320. The molecule has 0 radical (unpaired) electrons. The van der Waals surface area contributed by atoms with Gasteiger partial charge in [-0.1, -0.05) is 30.3 Å². The zero-order valence-corrected chi connectivity index (χ0v) is 19.8. The van der Waals surface area contributed by atoms with Crippen LogP contribution in [0.15, 0.2) is 65.4 Å². The van der Waals surface area contributed by atoms with Crippen molar-refractivity contribution < 1.29 is 4.39 Å². The Bertz CT molecular complexity index is 1240. The van der Waals surface area contributed by atoms with Gasteiger partial charge in [0.15, 0.2) is 5.65 Å². The molecule has 1 saturated carbocycles. The molecule has 6 nitrogen and oxygen atoms in total. The minimum absolute atomic E-state index is 0.138. The average Bonchev–Trinajstić information content (AvgIpc) is 3.56. The molecule has 0 spiro atoms. The zero-order valence-electron chi connectivity index (χ0n) is 19.1. The number of allylic oxidation sites excluding steroid dienone is 2. The van der Waals surface area contributed by atoms with E-state index in [4.69, 9.17) is 22.3 Å². The van der Waals surface area contributed by atoms with Gasteiger partial charge in [-0.15, -0.1) is 10.2 Å². The molecule has 4 rings (SSSR count). The lowest BCUT2D eigenvalue weighted by molar-refractivity contribution is 0.535. The van der Waals surface area contributed by atoms with Gasteiger partial charge in [0.05, 0.1) is 23.5 Å². The molecule has 1 aliphatic carbocycles. The molecule has 3 aromatic rings. The van der Waals surface area contributed by atoms with E-state index in [2.05, 4.69) is 21.7 Å². The van der Waals surface area contributed by atoms with Crippen molar-refractivity contribution in [3.8, 4) is 0 Å². The highest BCUT2D eigenvalue weighted by molar-refractivity contribution is 6.30. The number of nitrogens with zero attached hydrogens (tertiary/aromatic N) is 5. The number of aryl methyl sites for hydroxylation is 2. The van der Waals surface area contributed by atoms with E-state index in [1.165, 1.54) is 0 Å². The molecule has 0 bridgehead atoms. The number of aliphatic imine (C=N–C) groups is 1. The highest BCUT2D eigenvalue weighted by Crippen LogP contribution is 2.36. The van der Waals surface area contributed by atoms with Crippen LogP contribution in [0.4, 0.5) is 10.1 Å². The zero-order chi connectivity index (χ0) is 23.7. The Morgan fingerprint density at radius 3 is 2.64 bits per heavy atom. The first kappa shape index (κ1) is 23.0. The summed E-state index contributed by atoms with van der Waals surface area (Å²) in [6, 6.07) is 9.37. The van der Waals surface area contributed by atoms with E-state index in [0.717, 1.165) is 41.1 Å². The molecule has 1 aliphatic rings. The summed E-state index contributed by atoms with van der Waals surface area (Å²) in [7, 11) is 1.96. The van der Waals surface area contributed by atoms with Gasteiger partial charge in [-0.05, 0) is 62.1 Å². The summed E-state index contributed by atoms with van der Waals surface area (Å²) in [6.45, 7) is 7.08. The molecule has 1 aromatic carbocycles. The fourth-order valence-corrected chi connectivity index (χ4v) is 4.13. The minimum Gasteiger partial charge on any atom is -0.400 e. The number of halogens is 2. The second-order valence-corrected chi connectivity index (χ2v) is 8.85. The maximum atomic E-state index is 14.0. The SMILES string of the molecule is C=CC(=NC1CC1)C(=C(N)CF)C(c1ccc(Cl)cc1)N(C)c1cc(C)c2nnc(C)n2c1. The van der Waals surface area contributed by atoms with E-state index in [-0.39, 0.29) is 11.7 Å². The van der Waals surface area contributed by atoms with Crippen LogP contribution >= 0.6 is 11.6 Å². The van der Waals surface area contributed by atoms with Crippen LogP contribution < -0.4 is 10.6 Å². The van der Waals surface area contributed by atoms with Crippen LogP contribution in [0.1, 0.15) is 35.8 Å². The second-order valence-electron chi connectivity index (χ2n) is 8.41. The number of hydrogen-bond acceptors (Lipinski definition) is 5. The van der Waals surface area contributed by atoms with Crippen LogP contribution in [0.2, 0.25) is 5.02 Å². The Morgan fingerprint density at radius 1 is 1.33 bits per heavy atom. The van der Waals surface area contributed by atoms with Gasteiger partial charge in [-0.25, -0.2) is 4.39 Å². The first-order valence-corrected chi connectivity index (χ1v) is 11.3. The van der Waals surface area contributed by atoms with E-state index in [9.17, 15) is 4.39 Å². The molecule has 1 atom stereocenters. The number of likely N-dealkylation sites (N-methyl/N-ethyl adjacent to an activating group) is 1. The molecule has 2 heterocycles. The second kappa shape index (κ2) is 9.35. The largest absolute Gasteiger partial charge is 0.400 e. The summed E-state index contributed by atoms with van der Waals surface area (Å²) >= 11 is 6.17. The average molecular weight is 467 g/mol. The maximum absolute atomic E-state index is 14.0. The van der Waals surface area contributed by atoms with E-state index in [0.29, 0.717) is 16.3 Å². The Labute approximate surface area is 198 Å². The van der Waals surface area contributed by atoms with Gasteiger partial charge < -0.3 is 10.6 Å². The molecular formula is C25H28ClFN6. The number of aromatic nitrogens is 3. The monoisotopic (exact) mass is 466 g/mol. The van der Waals surface area contributed by atoms with Gasteiger partial charge in [-0.2, -0.15) is 0 Å². The third kappa shape index (κ3) is 4.64. The summed E-state index contributed by atoms with van der Waals surface area (Å²) < 4.78 is 16.0. The van der Waals surface area contributed by atoms with Crippen molar-refractivity contribution in [3.05, 3.63) is 82.4 Å². The summed E-state index contributed by atoms with van der Waals surface area (Å²) in [5, 5.41) is 9.08. The van der Waals surface area contributed by atoms with Crippen LogP contribution in [0.5, 0.6) is 0 Å². The standard InChI is InChI=1S/C25H28ClFN6/c1-5-22(29-19-10-11-19)23(21(28)13-27)24(17-6-8-18(26)9-7-17)32(4)20-12-15(2)25-31-30-16(3)33(25)14-20/h5-9,12,14,19,24H,1,10-11,13,28H2,2-4H3. The summed E-state index contributed by atoms with van der Waals surface area (Å²) in [6.07, 6.45) is 5.69. The van der Waals surface area contributed by atoms with Gasteiger partial charge in [0.25, 0.3) is 0 Å². The predicted octanol–water partition coefficient (Wildman–Crippen LogP) is 5.15. The molecule has 2 aromatic heterocycles. The molecule has 33 heavy (non-hydrogen) atoms. The lowest BCUT2D eigenvalue weighted by atomic mass is 9.91. The normalized spacial score (nSPS) is 16.0. The van der Waals surface area contributed by atoms with Gasteiger partial charge in [-0.3, -0.25) is 9.39 Å². The molecule has 0 aliphatic heterocycles. The number of alkyl halides is 1. The van der Waals surface area contributed by atoms with Crippen molar-refractivity contribution in [2.45, 2.75) is 38.8 Å². The van der Waals surface area contributed by atoms with Crippen molar-refractivity contribution in [1.29, 1.82) is 0 Å². The van der Waals surface area contributed by atoms with Gasteiger partial charge in [0.2, 0.25) is 0 Å². The number of pyridine rings is 1. The van der Waals surface area contributed by atoms with Crippen molar-refractivity contribution in [3.63, 3.8) is 0 Å². The van der Waals surface area contributed by atoms with Crippen LogP contribution in [0.25, 0.3) is 5.65 Å². The van der Waals surface area contributed by atoms with Gasteiger partial charge in [0, 0.05) is 29.5 Å². The highest BCUT2D eigenvalue weighted by atomic mass is 35.5. The molecule has 0 amide bonds. The molecule has 172 valence electrons. The molecule has 2 N–H and O–H groups in total. The van der Waals surface area contributed by atoms with Crippen molar-refractivity contribution in [2.75, 3.05) is 18.6 Å². The molecule has 8 heteroatoms. The van der Waals surface area contributed by atoms with Crippen LogP contribution in [-0.4, -0.2) is 40.1 Å². The maximum Gasteiger partial charge on any atom is 0.163 e. The first-order chi connectivity index (χ1) is 15.8. The topological polar surface area (TPSA) is 71.8 Å². The number of benzene rings is 1. The lowest BCUT2D eigenvalue weighted by Crippen LogP contribution is -2.31. The van der Waals surface area contributed by atoms with Crippen LogP contribution in [-0.2, 0) is 0 Å². The van der Waals surface area contributed by atoms with Crippen molar-refractivity contribution >= 4 is 28.6 Å². The number of fused-ring (bicyclic) bond motifs is 1. The van der Waals surface area contributed by atoms with Crippen LogP contribution in [0.3, 0.4) is 0 Å². The van der Waals surface area contributed by atoms with Gasteiger partial charge in [0.1, 0.15) is 12.5 Å². The summed E-state index contributed by atoms with van der Waals surface area (Å²) in [5.74, 6) is 0.785. The minimum atomic E-state index is -0.784. The smallest absolute Gasteiger partial charge is 0.163 e. The predicted molar refractivity (Wildman–Crippen MR) is 133 cm³/mol. The summed E-state index contributed by atoms with van der Waals surface area (Å²) in [5.41, 5.74) is 11.3. The Morgan fingerprint density at radius 2 is 2.03 bits per heavy atom. The van der Waals surface area contributed by atoms with Crippen LogP contribution in [0, 0.1) is 13.8 Å². The highest BCUT2D eigenvalue weighted by Gasteiger charge is 2.30. The lowest BCUT2D eigenvalue weighted by Gasteiger charge is -2.34. The van der Waals surface area contributed by atoms with E-state index in [1.807, 2.05) is 61.8 Å². The third-order valence-electron chi connectivity index (χ3n) is 5.93. The first-order valence-electron chi connectivity index (χ1n) is 10.9. The van der Waals surface area contributed by atoms with E-state index < -0.39 is 12.7 Å². The Balaban J connectivity index is 1.91. The number of hydrogen-bond donors (Lipinski definition) is 1. The number of rotatable bonds is 8. The Kier molecular flexibility index (Phi) is 6.51. The Hall–Kier alpha value is -3.19. The molecule has 0 saturated heterocycles. The summed E-state index contributed by atoms with van der Waals surface area (Å²) in [4.78, 5) is 6.87. The number of anilines is 1. The van der Waals surface area contributed by atoms with E-state index in [1.54, 1.807) is 6.08 Å². The van der Waals surface area contributed by atoms with Gasteiger partial charge >= 0.3 is 0 Å². The quantitative estimate of drug-likeness (QED) is 0.466. The van der Waals surface area contributed by atoms with Crippen molar-refractivity contribution in [2.24, 2.45) is 10.7 Å². The van der Waals surface area contributed by atoms with E-state index >= 15 is 0 Å².